The van der Waals surface area contributed by atoms with Crippen LogP contribution in [-0.2, 0) is 7.05 Å². The molecule has 0 radical (unpaired) electrons. The molecule has 0 aliphatic carbocycles. The van der Waals surface area contributed by atoms with Gasteiger partial charge in [-0.1, -0.05) is 0 Å². The first-order valence-electron chi connectivity index (χ1n) is 10.9. The average molecular weight is 539 g/mol. The minimum Gasteiger partial charge on any atom is -0.356 e. The van der Waals surface area contributed by atoms with Crippen molar-refractivity contribution in [2.24, 2.45) is 12.0 Å². The van der Waals surface area contributed by atoms with Crippen molar-refractivity contribution in [3.8, 4) is 0 Å². The number of hydrogen-bond acceptors (Lipinski definition) is 6. The Morgan fingerprint density at radius 1 is 1.16 bits per heavy atom. The molecule has 0 saturated carbocycles. The molecule has 1 atom stereocenters. The van der Waals surface area contributed by atoms with Gasteiger partial charge in [-0.15, -0.1) is 24.0 Å². The first kappa shape index (κ1) is 23.7. The number of nitrogens with one attached hydrogen (secondary N) is 1. The zero-order valence-electron chi connectivity index (χ0n) is 18.5. The van der Waals surface area contributed by atoms with Crippen LogP contribution in [0.25, 0.3) is 0 Å². The molecule has 2 aliphatic heterocycles. The van der Waals surface area contributed by atoms with Gasteiger partial charge in [0.2, 0.25) is 5.95 Å². The highest BCUT2D eigenvalue weighted by molar-refractivity contribution is 14.0. The summed E-state index contributed by atoms with van der Waals surface area (Å²) in [6.45, 7) is 8.20. The Morgan fingerprint density at radius 2 is 1.94 bits per heavy atom. The molecule has 2 aromatic heterocycles. The number of anilines is 1. The van der Waals surface area contributed by atoms with Gasteiger partial charge in [-0.3, -0.25) is 14.6 Å². The van der Waals surface area contributed by atoms with Crippen LogP contribution in [0, 0.1) is 0 Å². The molecular formula is C21H34IN9. The largest absolute Gasteiger partial charge is 0.356 e. The predicted octanol–water partition coefficient (Wildman–Crippen LogP) is 1.41. The predicted molar refractivity (Wildman–Crippen MR) is 134 cm³/mol. The fraction of sp³-hybridized carbons (Fsp3) is 0.619. The fourth-order valence-corrected chi connectivity index (χ4v) is 4.34. The van der Waals surface area contributed by atoms with Crippen molar-refractivity contribution in [3.63, 3.8) is 0 Å². The molecule has 2 aliphatic rings. The van der Waals surface area contributed by atoms with Crippen LogP contribution in [0.15, 0.2) is 35.8 Å². The minimum atomic E-state index is 0. The quantitative estimate of drug-likeness (QED) is 0.258. The summed E-state index contributed by atoms with van der Waals surface area (Å²) in [5.74, 6) is 2.41. The number of rotatable bonds is 6. The Labute approximate surface area is 202 Å². The van der Waals surface area contributed by atoms with Gasteiger partial charge >= 0.3 is 0 Å². The molecule has 0 amide bonds. The lowest BCUT2D eigenvalue weighted by Crippen LogP contribution is -2.47. The number of likely N-dealkylation sites (tertiary alicyclic amines) is 1. The summed E-state index contributed by atoms with van der Waals surface area (Å²) in [5.41, 5.74) is 1.33. The first-order valence-corrected chi connectivity index (χ1v) is 10.9. The van der Waals surface area contributed by atoms with Crippen LogP contribution in [0.3, 0.4) is 0 Å². The summed E-state index contributed by atoms with van der Waals surface area (Å²) in [4.78, 5) is 20.4. The Balaban J connectivity index is 0.00000272. The Morgan fingerprint density at radius 3 is 2.61 bits per heavy atom. The highest BCUT2D eigenvalue weighted by atomic mass is 127. The lowest BCUT2D eigenvalue weighted by atomic mass is 10.0. The van der Waals surface area contributed by atoms with Crippen molar-refractivity contribution in [1.29, 1.82) is 0 Å². The van der Waals surface area contributed by atoms with Crippen molar-refractivity contribution in [1.82, 2.24) is 34.9 Å². The lowest BCUT2D eigenvalue weighted by Gasteiger charge is -2.34. The van der Waals surface area contributed by atoms with Crippen LogP contribution >= 0.6 is 24.0 Å². The van der Waals surface area contributed by atoms with E-state index < -0.39 is 0 Å². The number of piperazine rings is 1. The third-order valence-electron chi connectivity index (χ3n) is 6.04. The summed E-state index contributed by atoms with van der Waals surface area (Å²) in [6.07, 6.45) is 10.0. The molecule has 1 N–H and O–H groups in total. The summed E-state index contributed by atoms with van der Waals surface area (Å²) in [6, 6.07) is 1.86. The molecular weight excluding hydrogens is 505 g/mol. The average Bonchev–Trinajstić information content (AvgIpc) is 3.44. The van der Waals surface area contributed by atoms with Gasteiger partial charge in [0.15, 0.2) is 5.96 Å². The zero-order chi connectivity index (χ0) is 20.8. The van der Waals surface area contributed by atoms with Crippen molar-refractivity contribution in [3.05, 3.63) is 36.4 Å². The smallest absolute Gasteiger partial charge is 0.225 e. The molecule has 4 heterocycles. The number of hydrogen-bond donors (Lipinski definition) is 1. The summed E-state index contributed by atoms with van der Waals surface area (Å²) < 4.78 is 1.89. The Hall–Kier alpha value is -1.95. The Kier molecular flexibility index (Phi) is 8.88. The molecule has 170 valence electrons. The molecule has 4 rings (SSSR count). The van der Waals surface area contributed by atoms with E-state index in [1.807, 2.05) is 43.4 Å². The van der Waals surface area contributed by atoms with Crippen molar-refractivity contribution >= 4 is 35.9 Å². The molecule has 10 heteroatoms. The van der Waals surface area contributed by atoms with Gasteiger partial charge in [-0.05, 0) is 31.0 Å². The SMILES string of the molecule is CN=C(NCCCN1CCN(c2ncccn2)CC1)N1CCC(c2cnn(C)c2)C1.I. The molecule has 2 saturated heterocycles. The molecule has 0 aromatic carbocycles. The third kappa shape index (κ3) is 6.28. The van der Waals surface area contributed by atoms with E-state index in [2.05, 4.69) is 46.3 Å². The van der Waals surface area contributed by atoms with Crippen LogP contribution in [0.5, 0.6) is 0 Å². The number of nitrogens with zero attached hydrogens (tertiary/aromatic N) is 8. The zero-order valence-corrected chi connectivity index (χ0v) is 20.9. The number of aliphatic imine (C=N–C) groups is 1. The van der Waals surface area contributed by atoms with Gasteiger partial charge in [0.05, 0.1) is 6.20 Å². The van der Waals surface area contributed by atoms with E-state index in [0.29, 0.717) is 5.92 Å². The van der Waals surface area contributed by atoms with E-state index in [-0.39, 0.29) is 24.0 Å². The maximum absolute atomic E-state index is 4.51. The van der Waals surface area contributed by atoms with E-state index in [1.165, 1.54) is 5.56 Å². The first-order chi connectivity index (χ1) is 14.7. The highest BCUT2D eigenvalue weighted by Gasteiger charge is 2.26. The number of aryl methyl sites for hydroxylation is 1. The minimum absolute atomic E-state index is 0. The molecule has 0 bridgehead atoms. The van der Waals surface area contributed by atoms with Gasteiger partial charge < -0.3 is 15.1 Å². The second kappa shape index (κ2) is 11.6. The molecule has 9 nitrogen and oxygen atoms in total. The van der Waals surface area contributed by atoms with E-state index in [1.54, 1.807) is 0 Å². The van der Waals surface area contributed by atoms with Crippen LogP contribution in [0.4, 0.5) is 5.95 Å². The van der Waals surface area contributed by atoms with Crippen LogP contribution < -0.4 is 10.2 Å². The summed E-state index contributed by atoms with van der Waals surface area (Å²) in [7, 11) is 3.86. The van der Waals surface area contributed by atoms with Gasteiger partial charge in [-0.2, -0.15) is 5.10 Å². The summed E-state index contributed by atoms with van der Waals surface area (Å²) in [5, 5.41) is 7.88. The lowest BCUT2D eigenvalue weighted by molar-refractivity contribution is 0.254. The van der Waals surface area contributed by atoms with E-state index >= 15 is 0 Å². The van der Waals surface area contributed by atoms with Crippen molar-refractivity contribution in [2.45, 2.75) is 18.8 Å². The topological polar surface area (TPSA) is 77.7 Å². The van der Waals surface area contributed by atoms with Gasteiger partial charge in [0.25, 0.3) is 0 Å². The van der Waals surface area contributed by atoms with Gasteiger partial charge in [0.1, 0.15) is 0 Å². The molecule has 31 heavy (non-hydrogen) atoms. The standard InChI is InChI=1S/C21H33N9.HI/c1-22-20(30-10-5-18(17-30)19-15-26-27(2)16-19)23-8-4-9-28-11-13-29(14-12-28)21-24-6-3-7-25-21;/h3,6-7,15-16,18H,4-5,8-14,17H2,1-2H3,(H,22,23);1H. The highest BCUT2D eigenvalue weighted by Crippen LogP contribution is 2.26. The van der Waals surface area contributed by atoms with E-state index in [9.17, 15) is 0 Å². The second-order valence-electron chi connectivity index (χ2n) is 8.08. The third-order valence-corrected chi connectivity index (χ3v) is 6.04. The second-order valence-corrected chi connectivity index (χ2v) is 8.08. The van der Waals surface area contributed by atoms with Gasteiger partial charge in [-0.25, -0.2) is 9.97 Å². The number of guanidine groups is 1. The van der Waals surface area contributed by atoms with Crippen LogP contribution in [0.1, 0.15) is 24.3 Å². The van der Waals surface area contributed by atoms with Crippen LogP contribution in [-0.4, -0.2) is 94.9 Å². The van der Waals surface area contributed by atoms with Crippen molar-refractivity contribution in [2.75, 3.05) is 64.3 Å². The van der Waals surface area contributed by atoms with Crippen LogP contribution in [0.2, 0.25) is 0 Å². The Bertz CT molecular complexity index is 817. The maximum Gasteiger partial charge on any atom is 0.225 e. The number of aromatic nitrogens is 4. The molecule has 1 unspecified atom stereocenters. The monoisotopic (exact) mass is 539 g/mol. The summed E-state index contributed by atoms with van der Waals surface area (Å²) >= 11 is 0. The van der Waals surface area contributed by atoms with Gasteiger partial charge in [0, 0.05) is 84.4 Å². The molecule has 0 spiro atoms. The fourth-order valence-electron chi connectivity index (χ4n) is 4.34. The number of halogens is 1. The van der Waals surface area contributed by atoms with E-state index in [4.69, 9.17) is 0 Å². The van der Waals surface area contributed by atoms with E-state index in [0.717, 1.165) is 77.1 Å². The molecule has 2 fully saturated rings. The van der Waals surface area contributed by atoms with Crippen molar-refractivity contribution < 1.29 is 0 Å². The maximum atomic E-state index is 4.51. The normalized spacial score (nSPS) is 20.1. The molecule has 2 aromatic rings.